The third kappa shape index (κ3) is 2.84. The van der Waals surface area contributed by atoms with Crippen molar-refractivity contribution in [3.8, 4) is 0 Å². The fourth-order valence-electron chi connectivity index (χ4n) is 4.20. The number of hydrogen-bond donors (Lipinski definition) is 1. The van der Waals surface area contributed by atoms with Crippen molar-refractivity contribution < 1.29 is 4.74 Å². The number of nitrogens with one attached hydrogen (secondary N) is 1. The first-order chi connectivity index (χ1) is 9.20. The molecule has 0 aromatic heterocycles. The Labute approximate surface area is 118 Å². The summed E-state index contributed by atoms with van der Waals surface area (Å²) in [4.78, 5) is 2.80. The van der Waals surface area contributed by atoms with E-state index in [0.717, 1.165) is 12.5 Å². The van der Waals surface area contributed by atoms with Crippen LogP contribution in [0.3, 0.4) is 0 Å². The topological polar surface area (TPSA) is 24.5 Å². The van der Waals surface area contributed by atoms with Gasteiger partial charge in [0.25, 0.3) is 0 Å². The van der Waals surface area contributed by atoms with Crippen LogP contribution >= 0.6 is 0 Å². The predicted molar refractivity (Wildman–Crippen MR) is 78.4 cm³/mol. The van der Waals surface area contributed by atoms with Crippen LogP contribution in [0.15, 0.2) is 0 Å². The van der Waals surface area contributed by atoms with Gasteiger partial charge in [0.2, 0.25) is 0 Å². The van der Waals surface area contributed by atoms with Crippen LogP contribution < -0.4 is 5.32 Å². The molecular formula is C16H30N2O. The van der Waals surface area contributed by atoms with E-state index >= 15 is 0 Å². The van der Waals surface area contributed by atoms with E-state index in [1.807, 2.05) is 0 Å². The second kappa shape index (κ2) is 5.71. The van der Waals surface area contributed by atoms with E-state index in [1.54, 1.807) is 0 Å². The Balaban J connectivity index is 1.69. The van der Waals surface area contributed by atoms with Crippen LogP contribution in [0.2, 0.25) is 0 Å². The molecule has 1 saturated carbocycles. The number of piperazine rings is 1. The van der Waals surface area contributed by atoms with Gasteiger partial charge in [0, 0.05) is 37.8 Å². The number of hydrogen-bond acceptors (Lipinski definition) is 3. The highest BCUT2D eigenvalue weighted by atomic mass is 16.5. The van der Waals surface area contributed by atoms with Gasteiger partial charge in [0.1, 0.15) is 0 Å². The van der Waals surface area contributed by atoms with Crippen LogP contribution in [-0.2, 0) is 4.74 Å². The van der Waals surface area contributed by atoms with Gasteiger partial charge in [-0.15, -0.1) is 0 Å². The highest BCUT2D eigenvalue weighted by molar-refractivity contribution is 5.03. The first kappa shape index (κ1) is 13.8. The van der Waals surface area contributed by atoms with E-state index in [1.165, 1.54) is 58.2 Å². The van der Waals surface area contributed by atoms with Gasteiger partial charge in [-0.05, 0) is 31.6 Å². The highest BCUT2D eigenvalue weighted by Crippen LogP contribution is 2.38. The Morgan fingerprint density at radius 1 is 1.26 bits per heavy atom. The second-order valence-corrected chi connectivity index (χ2v) is 7.20. The first-order valence-electron chi connectivity index (χ1n) is 8.30. The molecule has 3 aliphatic rings. The second-order valence-electron chi connectivity index (χ2n) is 7.20. The molecule has 3 nitrogen and oxygen atoms in total. The molecule has 2 aliphatic heterocycles. The van der Waals surface area contributed by atoms with Gasteiger partial charge in [-0.25, -0.2) is 0 Å². The molecule has 0 bridgehead atoms. The molecule has 2 saturated heterocycles. The maximum atomic E-state index is 5.89. The van der Waals surface area contributed by atoms with Crippen molar-refractivity contribution in [1.29, 1.82) is 0 Å². The zero-order valence-electron chi connectivity index (χ0n) is 12.7. The van der Waals surface area contributed by atoms with Crippen molar-refractivity contribution in [3.05, 3.63) is 0 Å². The molecule has 2 unspecified atom stereocenters. The molecule has 110 valence electrons. The van der Waals surface area contributed by atoms with Crippen LogP contribution in [-0.4, -0.2) is 48.8 Å². The van der Waals surface area contributed by atoms with Crippen molar-refractivity contribution >= 4 is 0 Å². The van der Waals surface area contributed by atoms with Crippen LogP contribution in [0.5, 0.6) is 0 Å². The molecule has 1 N–H and O–H groups in total. The minimum atomic E-state index is 0.456. The van der Waals surface area contributed by atoms with E-state index in [2.05, 4.69) is 24.1 Å². The lowest BCUT2D eigenvalue weighted by Gasteiger charge is -2.50. The molecule has 1 spiro atoms. The van der Waals surface area contributed by atoms with Crippen LogP contribution in [0.25, 0.3) is 0 Å². The van der Waals surface area contributed by atoms with Crippen molar-refractivity contribution in [3.63, 3.8) is 0 Å². The molecule has 2 heterocycles. The Bertz CT molecular complexity index is 291. The fourth-order valence-corrected chi connectivity index (χ4v) is 4.20. The highest BCUT2D eigenvalue weighted by Gasteiger charge is 2.44. The SMILES string of the molecule is CC(C)C1CN(CC2CCCO2)C2(CCCC2)CN1. The summed E-state index contributed by atoms with van der Waals surface area (Å²) < 4.78 is 5.89. The summed E-state index contributed by atoms with van der Waals surface area (Å²) in [5.74, 6) is 0.728. The van der Waals surface area contributed by atoms with E-state index in [0.29, 0.717) is 17.7 Å². The zero-order valence-corrected chi connectivity index (χ0v) is 12.7. The van der Waals surface area contributed by atoms with Crippen LogP contribution in [0, 0.1) is 5.92 Å². The Hall–Kier alpha value is -0.120. The summed E-state index contributed by atoms with van der Waals surface area (Å²) in [6.07, 6.45) is 8.63. The van der Waals surface area contributed by atoms with E-state index in [-0.39, 0.29) is 0 Å². The van der Waals surface area contributed by atoms with Crippen LogP contribution in [0.4, 0.5) is 0 Å². The van der Waals surface area contributed by atoms with Gasteiger partial charge in [-0.3, -0.25) is 4.90 Å². The number of nitrogens with zero attached hydrogens (tertiary/aromatic N) is 1. The maximum absolute atomic E-state index is 5.89. The molecule has 3 rings (SSSR count). The summed E-state index contributed by atoms with van der Waals surface area (Å²) in [6, 6.07) is 0.660. The summed E-state index contributed by atoms with van der Waals surface area (Å²) in [6.45, 7) is 9.26. The molecule has 0 amide bonds. The summed E-state index contributed by atoms with van der Waals surface area (Å²) in [5, 5.41) is 3.82. The van der Waals surface area contributed by atoms with Gasteiger partial charge in [0.05, 0.1) is 6.10 Å². The molecule has 0 radical (unpaired) electrons. The van der Waals surface area contributed by atoms with Crippen LogP contribution in [0.1, 0.15) is 52.4 Å². The average molecular weight is 266 g/mol. The van der Waals surface area contributed by atoms with Gasteiger partial charge in [0.15, 0.2) is 0 Å². The standard InChI is InChI=1S/C16H30N2O/c1-13(2)15-11-18(10-14-6-5-9-19-14)16(12-17-15)7-3-4-8-16/h13-15,17H,3-12H2,1-2H3. The number of rotatable bonds is 3. The number of ether oxygens (including phenoxy) is 1. The Morgan fingerprint density at radius 2 is 2.05 bits per heavy atom. The van der Waals surface area contributed by atoms with E-state index in [4.69, 9.17) is 4.74 Å². The van der Waals surface area contributed by atoms with Gasteiger partial charge >= 0.3 is 0 Å². The van der Waals surface area contributed by atoms with Gasteiger partial charge in [-0.1, -0.05) is 26.7 Å². The van der Waals surface area contributed by atoms with E-state index < -0.39 is 0 Å². The van der Waals surface area contributed by atoms with Crippen molar-refractivity contribution in [2.45, 2.75) is 70.1 Å². The molecule has 0 aromatic carbocycles. The zero-order chi connectivity index (χ0) is 13.3. The summed E-state index contributed by atoms with van der Waals surface area (Å²) in [7, 11) is 0. The Kier molecular flexibility index (Phi) is 4.16. The quantitative estimate of drug-likeness (QED) is 0.849. The molecular weight excluding hydrogens is 236 g/mol. The molecule has 0 aromatic rings. The molecule has 19 heavy (non-hydrogen) atoms. The minimum Gasteiger partial charge on any atom is -0.377 e. The third-order valence-electron chi connectivity index (χ3n) is 5.57. The molecule has 3 heteroatoms. The summed E-state index contributed by atoms with van der Waals surface area (Å²) >= 11 is 0. The maximum Gasteiger partial charge on any atom is 0.0703 e. The lowest BCUT2D eigenvalue weighted by atomic mass is 9.88. The molecule has 3 fully saturated rings. The smallest absolute Gasteiger partial charge is 0.0703 e. The largest absolute Gasteiger partial charge is 0.377 e. The van der Waals surface area contributed by atoms with Gasteiger partial charge < -0.3 is 10.1 Å². The molecule has 2 atom stereocenters. The normalized spacial score (nSPS) is 35.5. The van der Waals surface area contributed by atoms with E-state index in [9.17, 15) is 0 Å². The predicted octanol–water partition coefficient (Wildman–Crippen LogP) is 2.41. The third-order valence-corrected chi connectivity index (χ3v) is 5.57. The van der Waals surface area contributed by atoms with Crippen molar-refractivity contribution in [1.82, 2.24) is 10.2 Å². The monoisotopic (exact) mass is 266 g/mol. The lowest BCUT2D eigenvalue weighted by Crippen LogP contribution is -2.65. The summed E-state index contributed by atoms with van der Waals surface area (Å²) in [5.41, 5.74) is 0.456. The minimum absolute atomic E-state index is 0.456. The lowest BCUT2D eigenvalue weighted by molar-refractivity contribution is -0.0112. The van der Waals surface area contributed by atoms with Gasteiger partial charge in [-0.2, -0.15) is 0 Å². The molecule has 1 aliphatic carbocycles. The first-order valence-corrected chi connectivity index (χ1v) is 8.30. The Morgan fingerprint density at radius 3 is 2.68 bits per heavy atom. The van der Waals surface area contributed by atoms with Crippen molar-refractivity contribution in [2.75, 3.05) is 26.2 Å². The van der Waals surface area contributed by atoms with Crippen molar-refractivity contribution in [2.24, 2.45) is 5.92 Å². The fraction of sp³-hybridized carbons (Fsp3) is 1.00. The average Bonchev–Trinajstić information content (AvgIpc) is 3.04.